The molecule has 1 fully saturated rings. The maximum Gasteiger partial charge on any atom is 0.225 e. The quantitative estimate of drug-likeness (QED) is 0.840. The highest BCUT2D eigenvalue weighted by atomic mass is 32.1. The monoisotopic (exact) mass is 295 g/mol. The van der Waals surface area contributed by atoms with Gasteiger partial charge in [-0.05, 0) is 31.6 Å². The van der Waals surface area contributed by atoms with Gasteiger partial charge >= 0.3 is 0 Å². The van der Waals surface area contributed by atoms with Gasteiger partial charge in [0.25, 0.3) is 0 Å². The summed E-state index contributed by atoms with van der Waals surface area (Å²) in [7, 11) is 0. The molecule has 0 bridgehead atoms. The Hall–Kier alpha value is -0.940. The van der Waals surface area contributed by atoms with Crippen molar-refractivity contribution >= 4 is 22.4 Å². The number of thiazole rings is 1. The van der Waals surface area contributed by atoms with Crippen LogP contribution in [0, 0.1) is 5.41 Å². The standard InChI is InChI=1S/C15H25N3OS/c1-4-15(7-6-8-15)11-16-9-13-10-20-14(17-13)18(5-2)12(3)19/h10,16H,4-9,11H2,1-3H3. The molecule has 1 aromatic rings. The Morgan fingerprint density at radius 3 is 2.75 bits per heavy atom. The van der Waals surface area contributed by atoms with Crippen LogP contribution < -0.4 is 10.2 Å². The number of carbonyl (C=O) groups is 1. The average Bonchev–Trinajstić information content (AvgIpc) is 2.82. The summed E-state index contributed by atoms with van der Waals surface area (Å²) in [5.74, 6) is 0.0563. The lowest BCUT2D eigenvalue weighted by atomic mass is 9.67. The van der Waals surface area contributed by atoms with Gasteiger partial charge < -0.3 is 5.32 Å². The molecule has 0 aromatic carbocycles. The van der Waals surface area contributed by atoms with Crippen LogP contribution in [0.3, 0.4) is 0 Å². The third kappa shape index (κ3) is 3.38. The van der Waals surface area contributed by atoms with E-state index in [1.807, 2.05) is 12.3 Å². The first-order chi connectivity index (χ1) is 9.60. The highest BCUT2D eigenvalue weighted by Gasteiger charge is 2.34. The molecular formula is C15H25N3OS. The van der Waals surface area contributed by atoms with Crippen LogP contribution in [-0.2, 0) is 11.3 Å². The summed E-state index contributed by atoms with van der Waals surface area (Å²) < 4.78 is 0. The summed E-state index contributed by atoms with van der Waals surface area (Å²) in [6, 6.07) is 0. The molecule has 1 aliphatic carbocycles. The lowest BCUT2D eigenvalue weighted by Crippen LogP contribution is -2.39. The van der Waals surface area contributed by atoms with Crippen molar-refractivity contribution < 1.29 is 4.79 Å². The van der Waals surface area contributed by atoms with E-state index in [-0.39, 0.29) is 5.91 Å². The van der Waals surface area contributed by atoms with Gasteiger partial charge in [0, 0.05) is 31.9 Å². The van der Waals surface area contributed by atoms with Crippen molar-refractivity contribution in [1.82, 2.24) is 10.3 Å². The van der Waals surface area contributed by atoms with Gasteiger partial charge in [0.1, 0.15) is 0 Å². The minimum absolute atomic E-state index is 0.0563. The molecule has 5 heteroatoms. The summed E-state index contributed by atoms with van der Waals surface area (Å²) >= 11 is 1.55. The predicted molar refractivity (Wildman–Crippen MR) is 84.1 cm³/mol. The van der Waals surface area contributed by atoms with E-state index in [1.165, 1.54) is 25.7 Å². The first kappa shape index (κ1) is 15.4. The van der Waals surface area contributed by atoms with E-state index in [4.69, 9.17) is 0 Å². The van der Waals surface area contributed by atoms with E-state index in [9.17, 15) is 4.79 Å². The third-order valence-corrected chi connectivity index (χ3v) is 5.35. The molecule has 0 radical (unpaired) electrons. The fraction of sp³-hybridized carbons (Fsp3) is 0.733. The Labute approximate surface area is 125 Å². The van der Waals surface area contributed by atoms with E-state index < -0.39 is 0 Å². The highest BCUT2D eigenvalue weighted by molar-refractivity contribution is 7.14. The minimum Gasteiger partial charge on any atom is -0.311 e. The van der Waals surface area contributed by atoms with Crippen LogP contribution >= 0.6 is 11.3 Å². The van der Waals surface area contributed by atoms with Gasteiger partial charge in [-0.15, -0.1) is 11.3 Å². The summed E-state index contributed by atoms with van der Waals surface area (Å²) in [4.78, 5) is 17.8. The molecule has 1 amide bonds. The van der Waals surface area contributed by atoms with Crippen molar-refractivity contribution in [2.24, 2.45) is 5.41 Å². The lowest BCUT2D eigenvalue weighted by molar-refractivity contribution is -0.116. The number of amides is 1. The number of rotatable bonds is 7. The highest BCUT2D eigenvalue weighted by Crippen LogP contribution is 2.43. The second-order valence-electron chi connectivity index (χ2n) is 5.70. The van der Waals surface area contributed by atoms with Crippen LogP contribution in [0.15, 0.2) is 5.38 Å². The maximum absolute atomic E-state index is 11.5. The zero-order chi connectivity index (χ0) is 14.6. The first-order valence-corrected chi connectivity index (χ1v) is 8.41. The smallest absolute Gasteiger partial charge is 0.225 e. The molecule has 2 rings (SSSR count). The van der Waals surface area contributed by atoms with Crippen molar-refractivity contribution in [3.8, 4) is 0 Å². The molecule has 1 N–H and O–H groups in total. The number of anilines is 1. The van der Waals surface area contributed by atoms with E-state index in [0.717, 1.165) is 23.9 Å². The van der Waals surface area contributed by atoms with Gasteiger partial charge in [-0.1, -0.05) is 13.3 Å². The molecule has 1 aromatic heterocycles. The summed E-state index contributed by atoms with van der Waals surface area (Å²) in [6.45, 7) is 8.41. The molecule has 0 atom stereocenters. The topological polar surface area (TPSA) is 45.2 Å². The van der Waals surface area contributed by atoms with E-state index in [2.05, 4.69) is 17.2 Å². The molecule has 0 spiro atoms. The lowest BCUT2D eigenvalue weighted by Gasteiger charge is -2.41. The van der Waals surface area contributed by atoms with E-state index >= 15 is 0 Å². The Morgan fingerprint density at radius 1 is 1.50 bits per heavy atom. The zero-order valence-electron chi connectivity index (χ0n) is 12.7. The van der Waals surface area contributed by atoms with Crippen LogP contribution in [0.2, 0.25) is 0 Å². The van der Waals surface area contributed by atoms with Gasteiger partial charge in [-0.2, -0.15) is 0 Å². The SMILES string of the molecule is CCN(C(C)=O)c1nc(CNCC2(CC)CCC2)cs1. The summed E-state index contributed by atoms with van der Waals surface area (Å²) in [5, 5.41) is 6.40. The molecule has 112 valence electrons. The predicted octanol–water partition coefficient (Wildman–Crippen LogP) is 3.19. The van der Waals surface area contributed by atoms with Crippen molar-refractivity contribution in [2.45, 2.75) is 53.0 Å². The Kier molecular flexibility index (Phi) is 5.16. The number of nitrogens with one attached hydrogen (secondary N) is 1. The molecule has 0 unspecified atom stereocenters. The van der Waals surface area contributed by atoms with Gasteiger partial charge in [0.2, 0.25) is 5.91 Å². The second-order valence-corrected chi connectivity index (χ2v) is 6.53. The Balaban J connectivity index is 1.85. The molecular weight excluding hydrogens is 270 g/mol. The number of aromatic nitrogens is 1. The second kappa shape index (κ2) is 6.68. The van der Waals surface area contributed by atoms with Crippen LogP contribution in [0.4, 0.5) is 5.13 Å². The van der Waals surface area contributed by atoms with Gasteiger partial charge in [-0.3, -0.25) is 9.69 Å². The van der Waals surface area contributed by atoms with Crippen molar-refractivity contribution in [3.05, 3.63) is 11.1 Å². The van der Waals surface area contributed by atoms with Crippen LogP contribution in [0.25, 0.3) is 0 Å². The normalized spacial score (nSPS) is 16.8. The molecule has 20 heavy (non-hydrogen) atoms. The van der Waals surface area contributed by atoms with E-state index in [0.29, 0.717) is 12.0 Å². The minimum atomic E-state index is 0.0563. The van der Waals surface area contributed by atoms with Gasteiger partial charge in [-0.25, -0.2) is 4.98 Å². The summed E-state index contributed by atoms with van der Waals surface area (Å²) in [6.07, 6.45) is 5.34. The van der Waals surface area contributed by atoms with Crippen LogP contribution in [-0.4, -0.2) is 24.0 Å². The van der Waals surface area contributed by atoms with Gasteiger partial charge in [0.15, 0.2) is 5.13 Å². The zero-order valence-corrected chi connectivity index (χ0v) is 13.6. The Morgan fingerprint density at radius 2 is 2.25 bits per heavy atom. The number of carbonyl (C=O) groups excluding carboxylic acids is 1. The Bertz CT molecular complexity index is 448. The maximum atomic E-state index is 11.5. The van der Waals surface area contributed by atoms with Gasteiger partial charge in [0.05, 0.1) is 5.69 Å². The van der Waals surface area contributed by atoms with Crippen LogP contribution in [0.5, 0.6) is 0 Å². The largest absolute Gasteiger partial charge is 0.311 e. The van der Waals surface area contributed by atoms with Crippen molar-refractivity contribution in [2.75, 3.05) is 18.0 Å². The molecule has 0 aliphatic heterocycles. The fourth-order valence-corrected chi connectivity index (χ4v) is 3.71. The van der Waals surface area contributed by atoms with Crippen LogP contribution in [0.1, 0.15) is 52.1 Å². The molecule has 1 heterocycles. The molecule has 0 saturated heterocycles. The number of nitrogens with zero attached hydrogens (tertiary/aromatic N) is 2. The third-order valence-electron chi connectivity index (χ3n) is 4.44. The van der Waals surface area contributed by atoms with E-state index in [1.54, 1.807) is 23.2 Å². The van der Waals surface area contributed by atoms with Crippen molar-refractivity contribution in [1.29, 1.82) is 0 Å². The summed E-state index contributed by atoms with van der Waals surface area (Å²) in [5.41, 5.74) is 1.57. The number of hydrogen-bond acceptors (Lipinski definition) is 4. The van der Waals surface area contributed by atoms with Crippen molar-refractivity contribution in [3.63, 3.8) is 0 Å². The average molecular weight is 295 g/mol. The molecule has 4 nitrogen and oxygen atoms in total. The molecule has 1 aliphatic rings. The number of hydrogen-bond donors (Lipinski definition) is 1. The molecule has 1 saturated carbocycles. The fourth-order valence-electron chi connectivity index (χ4n) is 2.78. The first-order valence-electron chi connectivity index (χ1n) is 7.53.